The van der Waals surface area contributed by atoms with E-state index < -0.39 is 4.92 Å². The van der Waals surface area contributed by atoms with Crippen LogP contribution in [0.25, 0.3) is 0 Å². The fraction of sp³-hybridized carbons (Fsp3) is 0.364. The molecule has 98 valence electrons. The molecule has 0 unspecified atom stereocenters. The fourth-order valence-corrected chi connectivity index (χ4v) is 1.39. The summed E-state index contributed by atoms with van der Waals surface area (Å²) in [5.74, 6) is 0.278. The average molecular weight is 254 g/mol. The Balaban J connectivity index is 3.40. The lowest BCUT2D eigenvalue weighted by molar-refractivity contribution is -0.386. The van der Waals surface area contributed by atoms with Crippen molar-refractivity contribution in [1.29, 1.82) is 0 Å². The topological polar surface area (TPSA) is 94.2 Å². The van der Waals surface area contributed by atoms with Gasteiger partial charge < -0.3 is 14.7 Å². The van der Waals surface area contributed by atoms with Crippen LogP contribution in [0.15, 0.2) is 17.3 Å². The average Bonchev–Trinajstić information content (AvgIpc) is 2.29. The van der Waals surface area contributed by atoms with Crippen molar-refractivity contribution < 1.29 is 19.6 Å². The maximum atomic E-state index is 11.0. The minimum atomic E-state index is -0.574. The predicted molar refractivity (Wildman–Crippen MR) is 64.8 cm³/mol. The number of nitrogens with zero attached hydrogens (tertiary/aromatic N) is 2. The summed E-state index contributed by atoms with van der Waals surface area (Å²) in [6, 6.07) is 2.74. The van der Waals surface area contributed by atoms with Gasteiger partial charge in [-0.3, -0.25) is 10.1 Å². The number of ether oxygens (including phenoxy) is 2. The number of nitro benzene ring substituents is 1. The number of methoxy groups -OCH3 is 1. The first-order valence-electron chi connectivity index (χ1n) is 5.20. The van der Waals surface area contributed by atoms with E-state index in [-0.39, 0.29) is 23.3 Å². The second-order valence-electron chi connectivity index (χ2n) is 3.74. The molecule has 0 spiro atoms. The minimum absolute atomic E-state index is 0.0626. The molecule has 1 aromatic rings. The summed E-state index contributed by atoms with van der Waals surface area (Å²) < 4.78 is 10.4. The molecular formula is C11H14N2O5. The SMILES string of the molecule is COc1cc(/C=N\O)cc([N+](=O)[O-])c1OC(C)C. The van der Waals surface area contributed by atoms with Crippen LogP contribution in [0, 0.1) is 10.1 Å². The summed E-state index contributed by atoms with van der Waals surface area (Å²) in [6.45, 7) is 3.51. The largest absolute Gasteiger partial charge is 0.493 e. The molecule has 0 saturated carbocycles. The van der Waals surface area contributed by atoms with Crippen molar-refractivity contribution in [3.63, 3.8) is 0 Å². The van der Waals surface area contributed by atoms with Gasteiger partial charge in [0.25, 0.3) is 0 Å². The van der Waals surface area contributed by atoms with Gasteiger partial charge in [-0.15, -0.1) is 0 Å². The highest BCUT2D eigenvalue weighted by Crippen LogP contribution is 2.38. The van der Waals surface area contributed by atoms with Gasteiger partial charge in [0.1, 0.15) is 0 Å². The highest BCUT2D eigenvalue weighted by Gasteiger charge is 2.22. The second kappa shape index (κ2) is 5.85. The molecule has 18 heavy (non-hydrogen) atoms. The van der Waals surface area contributed by atoms with Gasteiger partial charge in [0, 0.05) is 11.6 Å². The molecule has 0 fully saturated rings. The van der Waals surface area contributed by atoms with Gasteiger partial charge in [0.05, 0.1) is 24.4 Å². The van der Waals surface area contributed by atoms with Crippen molar-refractivity contribution in [2.24, 2.45) is 5.16 Å². The molecule has 0 aliphatic rings. The smallest absolute Gasteiger partial charge is 0.315 e. The van der Waals surface area contributed by atoms with Gasteiger partial charge in [-0.25, -0.2) is 0 Å². The first-order chi connectivity index (χ1) is 8.49. The Labute approximate surface area is 104 Å². The Morgan fingerprint density at radius 2 is 2.17 bits per heavy atom. The van der Waals surface area contributed by atoms with E-state index in [1.165, 1.54) is 19.2 Å². The van der Waals surface area contributed by atoms with Crippen molar-refractivity contribution in [2.75, 3.05) is 7.11 Å². The standard InChI is InChI=1S/C11H14N2O5/c1-7(2)18-11-9(13(15)16)4-8(6-12-14)5-10(11)17-3/h4-7,14H,1-3H3/b12-6-. The van der Waals surface area contributed by atoms with Crippen LogP contribution in [0.3, 0.4) is 0 Å². The van der Waals surface area contributed by atoms with Gasteiger partial charge in [-0.2, -0.15) is 0 Å². The van der Waals surface area contributed by atoms with Crippen LogP contribution >= 0.6 is 0 Å². The molecule has 1 aromatic carbocycles. The molecule has 7 heteroatoms. The van der Waals surface area contributed by atoms with Gasteiger partial charge in [-0.1, -0.05) is 5.16 Å². The molecule has 0 aliphatic heterocycles. The van der Waals surface area contributed by atoms with E-state index in [0.29, 0.717) is 5.56 Å². The molecule has 0 heterocycles. The van der Waals surface area contributed by atoms with E-state index >= 15 is 0 Å². The van der Waals surface area contributed by atoms with Crippen LogP contribution in [0.2, 0.25) is 0 Å². The monoisotopic (exact) mass is 254 g/mol. The third-order valence-electron chi connectivity index (χ3n) is 2.03. The van der Waals surface area contributed by atoms with Gasteiger partial charge in [0.15, 0.2) is 5.75 Å². The minimum Gasteiger partial charge on any atom is -0.493 e. The van der Waals surface area contributed by atoms with Crippen LogP contribution in [0.1, 0.15) is 19.4 Å². The lowest BCUT2D eigenvalue weighted by atomic mass is 10.2. The second-order valence-corrected chi connectivity index (χ2v) is 3.74. The first-order valence-corrected chi connectivity index (χ1v) is 5.20. The molecule has 0 saturated heterocycles. The number of rotatable bonds is 5. The summed E-state index contributed by atoms with van der Waals surface area (Å²) >= 11 is 0. The predicted octanol–water partition coefficient (Wildman–Crippen LogP) is 2.20. The van der Waals surface area contributed by atoms with Crippen molar-refractivity contribution in [1.82, 2.24) is 0 Å². The quantitative estimate of drug-likeness (QED) is 0.376. The molecule has 0 atom stereocenters. The Kier molecular flexibility index (Phi) is 4.47. The summed E-state index contributed by atoms with van der Waals surface area (Å²) in [5, 5.41) is 22.3. The Hall–Kier alpha value is -2.31. The molecule has 1 rings (SSSR count). The molecule has 0 radical (unpaired) electrons. The Bertz CT molecular complexity index is 471. The van der Waals surface area contributed by atoms with Gasteiger partial charge in [-0.05, 0) is 19.9 Å². The first kappa shape index (κ1) is 13.8. The maximum absolute atomic E-state index is 11.0. The lowest BCUT2D eigenvalue weighted by Crippen LogP contribution is -2.09. The third kappa shape index (κ3) is 3.09. The van der Waals surface area contributed by atoms with E-state index in [2.05, 4.69) is 5.16 Å². The van der Waals surface area contributed by atoms with E-state index in [1.54, 1.807) is 13.8 Å². The molecular weight excluding hydrogens is 240 g/mol. The lowest BCUT2D eigenvalue weighted by Gasteiger charge is -2.14. The summed E-state index contributed by atoms with van der Waals surface area (Å²) in [5.41, 5.74) is 0.107. The van der Waals surface area contributed by atoms with E-state index in [0.717, 1.165) is 6.21 Å². The number of nitro groups is 1. The van der Waals surface area contributed by atoms with Crippen molar-refractivity contribution in [3.8, 4) is 11.5 Å². The van der Waals surface area contributed by atoms with E-state index in [4.69, 9.17) is 14.7 Å². The van der Waals surface area contributed by atoms with Crippen molar-refractivity contribution in [2.45, 2.75) is 20.0 Å². The molecule has 1 N–H and O–H groups in total. The third-order valence-corrected chi connectivity index (χ3v) is 2.03. The van der Waals surface area contributed by atoms with E-state index in [9.17, 15) is 10.1 Å². The Morgan fingerprint density at radius 1 is 1.50 bits per heavy atom. The van der Waals surface area contributed by atoms with Gasteiger partial charge >= 0.3 is 5.69 Å². The molecule has 0 aromatic heterocycles. The van der Waals surface area contributed by atoms with Crippen LogP contribution in [0.4, 0.5) is 5.69 Å². The number of hydrogen-bond acceptors (Lipinski definition) is 6. The zero-order chi connectivity index (χ0) is 13.7. The summed E-state index contributed by atoms with van der Waals surface area (Å²) in [4.78, 5) is 10.4. The van der Waals surface area contributed by atoms with Crippen LogP contribution in [-0.4, -0.2) is 29.6 Å². The van der Waals surface area contributed by atoms with Gasteiger partial charge in [0.2, 0.25) is 5.75 Å². The fourth-order valence-electron chi connectivity index (χ4n) is 1.39. The molecule has 0 amide bonds. The zero-order valence-electron chi connectivity index (χ0n) is 10.3. The van der Waals surface area contributed by atoms with Crippen LogP contribution in [0.5, 0.6) is 11.5 Å². The highest BCUT2D eigenvalue weighted by atomic mass is 16.6. The van der Waals surface area contributed by atoms with Crippen LogP contribution < -0.4 is 9.47 Å². The van der Waals surface area contributed by atoms with Crippen molar-refractivity contribution >= 4 is 11.9 Å². The molecule has 0 bridgehead atoms. The number of hydrogen-bond donors (Lipinski definition) is 1. The summed E-state index contributed by atoms with van der Waals surface area (Å²) in [6.07, 6.45) is 0.851. The normalized spacial score (nSPS) is 10.9. The molecule has 7 nitrogen and oxygen atoms in total. The zero-order valence-corrected chi connectivity index (χ0v) is 10.3. The van der Waals surface area contributed by atoms with Crippen molar-refractivity contribution in [3.05, 3.63) is 27.8 Å². The Morgan fingerprint density at radius 3 is 2.61 bits per heavy atom. The van der Waals surface area contributed by atoms with E-state index in [1.807, 2.05) is 0 Å². The number of oxime groups is 1. The maximum Gasteiger partial charge on any atom is 0.315 e. The van der Waals surface area contributed by atoms with Crippen LogP contribution in [-0.2, 0) is 0 Å². The number of benzene rings is 1. The summed E-state index contributed by atoms with van der Waals surface area (Å²) in [7, 11) is 1.38. The highest BCUT2D eigenvalue weighted by molar-refractivity contribution is 5.82. The molecule has 0 aliphatic carbocycles.